The molecule has 2 aromatic rings. The first-order chi connectivity index (χ1) is 10.2. The van der Waals surface area contributed by atoms with Crippen LogP contribution in [0.15, 0.2) is 30.7 Å². The molecule has 0 fully saturated rings. The molecule has 0 spiro atoms. The fourth-order valence-electron chi connectivity index (χ4n) is 1.80. The second kappa shape index (κ2) is 6.65. The first kappa shape index (κ1) is 14.7. The molecule has 0 aliphatic carbocycles. The zero-order valence-electron chi connectivity index (χ0n) is 12.1. The average Bonchev–Trinajstić information content (AvgIpc) is 2.54. The minimum Gasteiger partial charge on any atom is -0.480 e. The van der Waals surface area contributed by atoms with Crippen LogP contribution in [-0.2, 0) is 11.3 Å². The summed E-state index contributed by atoms with van der Waals surface area (Å²) in [5.74, 6) is 0.401. The highest BCUT2D eigenvalue weighted by Crippen LogP contribution is 2.21. The maximum absolute atomic E-state index is 11.6. The standard InChI is InChI=1S/C14H16N4O3/c1-18(9-10-8-15-6-7-16-10)12-5-4-11(14(19)21-3)13(17-12)20-2/h4-8H,9H2,1-3H3. The number of nitrogens with zero attached hydrogens (tertiary/aromatic N) is 4. The van der Waals surface area contributed by atoms with E-state index in [1.165, 1.54) is 14.2 Å². The first-order valence-electron chi connectivity index (χ1n) is 6.25. The normalized spacial score (nSPS) is 10.0. The largest absolute Gasteiger partial charge is 0.480 e. The molecule has 0 N–H and O–H groups in total. The van der Waals surface area contributed by atoms with E-state index in [4.69, 9.17) is 4.74 Å². The number of carbonyl (C=O) groups excluding carboxylic acids is 1. The van der Waals surface area contributed by atoms with Crippen LogP contribution in [0, 0.1) is 0 Å². The van der Waals surface area contributed by atoms with Crippen LogP contribution >= 0.6 is 0 Å². The Morgan fingerprint density at radius 2 is 2.10 bits per heavy atom. The van der Waals surface area contributed by atoms with E-state index in [9.17, 15) is 4.79 Å². The summed E-state index contributed by atoms with van der Waals surface area (Å²) in [7, 11) is 4.64. The average molecular weight is 288 g/mol. The third kappa shape index (κ3) is 3.44. The Kier molecular flexibility index (Phi) is 4.65. The lowest BCUT2D eigenvalue weighted by atomic mass is 10.2. The summed E-state index contributed by atoms with van der Waals surface area (Å²) in [6.45, 7) is 0.543. The topological polar surface area (TPSA) is 77.4 Å². The van der Waals surface area contributed by atoms with Gasteiger partial charge < -0.3 is 14.4 Å². The number of methoxy groups -OCH3 is 2. The summed E-state index contributed by atoms with van der Waals surface area (Å²) in [6.07, 6.45) is 4.95. The number of anilines is 1. The van der Waals surface area contributed by atoms with Crippen LogP contribution < -0.4 is 9.64 Å². The molecule has 0 amide bonds. The number of rotatable bonds is 5. The molecule has 2 aromatic heterocycles. The van der Waals surface area contributed by atoms with Crippen LogP contribution in [0.3, 0.4) is 0 Å². The van der Waals surface area contributed by atoms with E-state index in [-0.39, 0.29) is 11.4 Å². The molecule has 0 atom stereocenters. The van der Waals surface area contributed by atoms with Crippen molar-refractivity contribution in [2.24, 2.45) is 0 Å². The molecule has 7 heteroatoms. The lowest BCUT2D eigenvalue weighted by Gasteiger charge is -2.18. The SMILES string of the molecule is COC(=O)c1ccc(N(C)Cc2cnccn2)nc1OC. The van der Waals surface area contributed by atoms with E-state index in [0.29, 0.717) is 12.4 Å². The molecule has 110 valence electrons. The number of aromatic nitrogens is 3. The Balaban J connectivity index is 2.22. The van der Waals surface area contributed by atoms with Gasteiger partial charge in [-0.15, -0.1) is 0 Å². The fourth-order valence-corrected chi connectivity index (χ4v) is 1.80. The summed E-state index contributed by atoms with van der Waals surface area (Å²) >= 11 is 0. The smallest absolute Gasteiger partial charge is 0.343 e. The van der Waals surface area contributed by atoms with E-state index in [2.05, 4.69) is 19.7 Å². The second-order valence-corrected chi connectivity index (χ2v) is 4.27. The number of hydrogen-bond acceptors (Lipinski definition) is 7. The summed E-state index contributed by atoms with van der Waals surface area (Å²) in [5, 5.41) is 0. The molecule has 21 heavy (non-hydrogen) atoms. The third-order valence-electron chi connectivity index (χ3n) is 2.85. The third-order valence-corrected chi connectivity index (χ3v) is 2.85. The van der Waals surface area contributed by atoms with Crippen molar-refractivity contribution in [3.8, 4) is 5.88 Å². The van der Waals surface area contributed by atoms with Gasteiger partial charge in [0.15, 0.2) is 0 Å². The van der Waals surface area contributed by atoms with Crippen molar-refractivity contribution in [1.82, 2.24) is 15.0 Å². The zero-order chi connectivity index (χ0) is 15.2. The Labute approximate surface area is 122 Å². The highest BCUT2D eigenvalue weighted by atomic mass is 16.5. The number of esters is 1. The lowest BCUT2D eigenvalue weighted by Crippen LogP contribution is -2.19. The van der Waals surface area contributed by atoms with Gasteiger partial charge >= 0.3 is 5.97 Å². The molecule has 0 radical (unpaired) electrons. The Morgan fingerprint density at radius 1 is 1.29 bits per heavy atom. The zero-order valence-corrected chi connectivity index (χ0v) is 12.1. The molecule has 0 saturated heterocycles. The quantitative estimate of drug-likeness (QED) is 0.767. The van der Waals surface area contributed by atoms with Gasteiger partial charge in [0.05, 0.1) is 32.7 Å². The summed E-state index contributed by atoms with van der Waals surface area (Å²) in [4.78, 5) is 26.0. The van der Waals surface area contributed by atoms with Crippen molar-refractivity contribution in [3.63, 3.8) is 0 Å². The monoisotopic (exact) mass is 288 g/mol. The van der Waals surface area contributed by atoms with E-state index in [1.54, 1.807) is 30.7 Å². The first-order valence-corrected chi connectivity index (χ1v) is 6.25. The molecule has 2 rings (SSSR count). The molecule has 0 aromatic carbocycles. The van der Waals surface area contributed by atoms with Crippen molar-refractivity contribution in [2.75, 3.05) is 26.2 Å². The maximum atomic E-state index is 11.6. The Bertz CT molecular complexity index is 619. The van der Waals surface area contributed by atoms with Crippen molar-refractivity contribution in [2.45, 2.75) is 6.54 Å². The van der Waals surface area contributed by atoms with E-state index < -0.39 is 5.97 Å². The fraction of sp³-hybridized carbons (Fsp3) is 0.286. The lowest BCUT2D eigenvalue weighted by molar-refractivity contribution is 0.0596. The highest BCUT2D eigenvalue weighted by molar-refractivity contribution is 5.92. The highest BCUT2D eigenvalue weighted by Gasteiger charge is 2.16. The van der Waals surface area contributed by atoms with Gasteiger partial charge in [-0.05, 0) is 12.1 Å². The van der Waals surface area contributed by atoms with Crippen LogP contribution in [0.5, 0.6) is 5.88 Å². The predicted molar refractivity (Wildman–Crippen MR) is 76.3 cm³/mol. The van der Waals surface area contributed by atoms with E-state index in [1.807, 2.05) is 11.9 Å². The summed E-state index contributed by atoms with van der Waals surface area (Å²) in [5.41, 5.74) is 1.11. The van der Waals surface area contributed by atoms with Crippen LogP contribution in [-0.4, -0.2) is 42.2 Å². The number of carbonyl (C=O) groups is 1. The molecule has 0 aliphatic rings. The van der Waals surface area contributed by atoms with Gasteiger partial charge in [0, 0.05) is 19.4 Å². The maximum Gasteiger partial charge on any atom is 0.343 e. The van der Waals surface area contributed by atoms with Gasteiger partial charge in [0.1, 0.15) is 11.4 Å². The number of pyridine rings is 1. The van der Waals surface area contributed by atoms with Gasteiger partial charge in [0.2, 0.25) is 5.88 Å². The Hall–Kier alpha value is -2.70. The van der Waals surface area contributed by atoms with Crippen LogP contribution in [0.4, 0.5) is 5.82 Å². The molecular weight excluding hydrogens is 272 g/mol. The van der Waals surface area contributed by atoms with Gasteiger partial charge in [-0.25, -0.2) is 4.79 Å². The second-order valence-electron chi connectivity index (χ2n) is 4.27. The molecule has 0 saturated carbocycles. The van der Waals surface area contributed by atoms with E-state index >= 15 is 0 Å². The number of ether oxygens (including phenoxy) is 2. The minimum atomic E-state index is -0.484. The molecule has 7 nitrogen and oxygen atoms in total. The molecule has 0 bridgehead atoms. The van der Waals surface area contributed by atoms with Crippen LogP contribution in [0.2, 0.25) is 0 Å². The van der Waals surface area contributed by atoms with Crippen molar-refractivity contribution < 1.29 is 14.3 Å². The van der Waals surface area contributed by atoms with Gasteiger partial charge in [-0.2, -0.15) is 4.98 Å². The van der Waals surface area contributed by atoms with Crippen LogP contribution in [0.25, 0.3) is 0 Å². The van der Waals surface area contributed by atoms with E-state index in [0.717, 1.165) is 5.69 Å². The molecule has 2 heterocycles. The predicted octanol–water partition coefficient (Wildman–Crippen LogP) is 1.30. The molecular formula is C14H16N4O3. The van der Waals surface area contributed by atoms with Crippen molar-refractivity contribution in [3.05, 3.63) is 42.0 Å². The van der Waals surface area contributed by atoms with Crippen LogP contribution in [0.1, 0.15) is 16.1 Å². The van der Waals surface area contributed by atoms with Crippen molar-refractivity contribution >= 4 is 11.8 Å². The summed E-state index contributed by atoms with van der Waals surface area (Å²) in [6, 6.07) is 3.35. The molecule has 0 unspecified atom stereocenters. The molecule has 0 aliphatic heterocycles. The van der Waals surface area contributed by atoms with Gasteiger partial charge in [0.25, 0.3) is 0 Å². The van der Waals surface area contributed by atoms with Gasteiger partial charge in [-0.1, -0.05) is 0 Å². The van der Waals surface area contributed by atoms with Crippen molar-refractivity contribution in [1.29, 1.82) is 0 Å². The number of hydrogen-bond donors (Lipinski definition) is 0. The Morgan fingerprint density at radius 3 is 2.71 bits per heavy atom. The van der Waals surface area contributed by atoms with Gasteiger partial charge in [-0.3, -0.25) is 9.97 Å². The minimum absolute atomic E-state index is 0.227. The summed E-state index contributed by atoms with van der Waals surface area (Å²) < 4.78 is 9.83.